The Bertz CT molecular complexity index is 550. The summed E-state index contributed by atoms with van der Waals surface area (Å²) in [6.07, 6.45) is 0. The van der Waals surface area contributed by atoms with Gasteiger partial charge < -0.3 is 5.11 Å². The Kier molecular flexibility index (Phi) is 3.73. The Morgan fingerprint density at radius 3 is 2.41 bits per heavy atom. The maximum absolute atomic E-state index is 9.60. The van der Waals surface area contributed by atoms with Gasteiger partial charge in [0.25, 0.3) is 0 Å². The molecule has 0 saturated heterocycles. The highest BCUT2D eigenvalue weighted by Crippen LogP contribution is 2.28. The fourth-order valence-electron chi connectivity index (χ4n) is 1.33. The number of azo groups is 1. The van der Waals surface area contributed by atoms with Crippen molar-refractivity contribution in [1.82, 2.24) is 0 Å². The van der Waals surface area contributed by atoms with Gasteiger partial charge in [0.15, 0.2) is 0 Å². The summed E-state index contributed by atoms with van der Waals surface area (Å²) >= 11 is 2.23. The Balaban J connectivity index is 2.25. The van der Waals surface area contributed by atoms with Crippen molar-refractivity contribution in [2.75, 3.05) is 0 Å². The molecule has 0 fully saturated rings. The van der Waals surface area contributed by atoms with Crippen molar-refractivity contribution in [1.29, 1.82) is 0 Å². The van der Waals surface area contributed by atoms with Gasteiger partial charge in [-0.2, -0.15) is 5.11 Å². The third-order valence-electron chi connectivity index (χ3n) is 2.23. The predicted molar refractivity (Wildman–Crippen MR) is 76.2 cm³/mol. The normalized spacial score (nSPS) is 10.9. The molecule has 4 heteroatoms. The third kappa shape index (κ3) is 3.26. The summed E-state index contributed by atoms with van der Waals surface area (Å²) in [5.74, 6) is 0.143. The molecule has 3 nitrogen and oxygen atoms in total. The lowest BCUT2D eigenvalue weighted by atomic mass is 10.2. The smallest absolute Gasteiger partial charge is 0.143 e. The molecular weight excluding hydrogens is 327 g/mol. The lowest BCUT2D eigenvalue weighted by Gasteiger charge is -1.99. The Labute approximate surface area is 113 Å². The highest BCUT2D eigenvalue weighted by molar-refractivity contribution is 14.1. The van der Waals surface area contributed by atoms with Crippen molar-refractivity contribution in [2.45, 2.75) is 6.92 Å². The molecule has 0 bridgehead atoms. The van der Waals surface area contributed by atoms with Crippen LogP contribution < -0.4 is 0 Å². The van der Waals surface area contributed by atoms with Crippen LogP contribution in [-0.2, 0) is 0 Å². The van der Waals surface area contributed by atoms with Gasteiger partial charge in [0.2, 0.25) is 0 Å². The van der Waals surface area contributed by atoms with Crippen molar-refractivity contribution >= 4 is 34.0 Å². The number of benzene rings is 2. The van der Waals surface area contributed by atoms with Crippen molar-refractivity contribution in [3.8, 4) is 5.75 Å². The molecule has 0 amide bonds. The zero-order valence-corrected chi connectivity index (χ0v) is 11.4. The van der Waals surface area contributed by atoms with Gasteiger partial charge in [0.05, 0.1) is 5.69 Å². The van der Waals surface area contributed by atoms with Crippen LogP contribution in [0.4, 0.5) is 11.4 Å². The minimum absolute atomic E-state index is 0.143. The quantitative estimate of drug-likeness (QED) is 0.625. The number of aryl methyl sites for hydroxylation is 1. The van der Waals surface area contributed by atoms with Gasteiger partial charge in [0.1, 0.15) is 11.4 Å². The molecule has 0 aliphatic carbocycles. The van der Waals surface area contributed by atoms with Crippen LogP contribution in [0, 0.1) is 10.5 Å². The van der Waals surface area contributed by atoms with E-state index in [2.05, 4.69) is 32.8 Å². The number of aromatic hydroxyl groups is 1. The first-order chi connectivity index (χ1) is 8.15. The zero-order chi connectivity index (χ0) is 12.3. The Hall–Kier alpha value is -1.43. The third-order valence-corrected chi connectivity index (χ3v) is 2.95. The molecule has 0 spiro atoms. The second-order valence-electron chi connectivity index (χ2n) is 3.67. The molecule has 0 aliphatic rings. The van der Waals surface area contributed by atoms with Gasteiger partial charge in [-0.05, 0) is 71.5 Å². The maximum Gasteiger partial charge on any atom is 0.143 e. The van der Waals surface area contributed by atoms with Crippen LogP contribution in [0.1, 0.15) is 5.56 Å². The number of phenolic OH excluding ortho intramolecular Hbond substituents is 1. The van der Waals surface area contributed by atoms with Gasteiger partial charge in [-0.3, -0.25) is 0 Å². The van der Waals surface area contributed by atoms with E-state index in [0.29, 0.717) is 5.69 Å². The lowest BCUT2D eigenvalue weighted by molar-refractivity contribution is 0.476. The van der Waals surface area contributed by atoms with Crippen LogP contribution >= 0.6 is 22.6 Å². The molecule has 1 N–H and O–H groups in total. The first-order valence-corrected chi connectivity index (χ1v) is 6.20. The summed E-state index contributed by atoms with van der Waals surface area (Å²) in [5, 5.41) is 17.7. The molecule has 0 radical (unpaired) electrons. The summed E-state index contributed by atoms with van der Waals surface area (Å²) in [6.45, 7) is 1.95. The molecule has 0 aromatic heterocycles. The summed E-state index contributed by atoms with van der Waals surface area (Å²) < 4.78 is 1.15. The summed E-state index contributed by atoms with van der Waals surface area (Å²) in [7, 11) is 0. The first kappa shape index (κ1) is 12.0. The van der Waals surface area contributed by atoms with E-state index in [0.717, 1.165) is 14.8 Å². The molecule has 2 rings (SSSR count). The van der Waals surface area contributed by atoms with Crippen LogP contribution in [0.15, 0.2) is 52.7 Å². The molecular formula is C13H11IN2O. The number of phenols is 1. The lowest BCUT2D eigenvalue weighted by Crippen LogP contribution is -1.72. The fraction of sp³-hybridized carbons (Fsp3) is 0.0769. The summed E-state index contributed by atoms with van der Waals surface area (Å²) in [4.78, 5) is 0. The van der Waals surface area contributed by atoms with E-state index in [1.165, 1.54) is 0 Å². The SMILES string of the molecule is Cc1ccc(O)c(N=Nc2ccc(I)cc2)c1. The van der Waals surface area contributed by atoms with Crippen LogP contribution in [-0.4, -0.2) is 5.11 Å². The fourth-order valence-corrected chi connectivity index (χ4v) is 1.69. The predicted octanol–water partition coefficient (Wildman–Crippen LogP) is 4.72. The number of halogens is 1. The van der Waals surface area contributed by atoms with E-state index in [1.54, 1.807) is 12.1 Å². The molecule has 2 aromatic rings. The van der Waals surface area contributed by atoms with E-state index in [1.807, 2.05) is 37.3 Å². The van der Waals surface area contributed by atoms with Crippen molar-refractivity contribution in [3.63, 3.8) is 0 Å². The molecule has 0 aliphatic heterocycles. The summed E-state index contributed by atoms with van der Waals surface area (Å²) in [6, 6.07) is 13.0. The van der Waals surface area contributed by atoms with Gasteiger partial charge >= 0.3 is 0 Å². The molecule has 2 aromatic carbocycles. The number of nitrogens with zero attached hydrogens (tertiary/aromatic N) is 2. The first-order valence-electron chi connectivity index (χ1n) is 5.12. The van der Waals surface area contributed by atoms with Crippen molar-refractivity contribution < 1.29 is 5.11 Å². The zero-order valence-electron chi connectivity index (χ0n) is 9.26. The second-order valence-corrected chi connectivity index (χ2v) is 4.91. The van der Waals surface area contributed by atoms with Gasteiger partial charge in [-0.1, -0.05) is 6.07 Å². The largest absolute Gasteiger partial charge is 0.506 e. The highest BCUT2D eigenvalue weighted by atomic mass is 127. The highest BCUT2D eigenvalue weighted by Gasteiger charge is 1.99. The standard InChI is InChI=1S/C13H11IN2O/c1-9-2-7-13(17)12(8-9)16-15-11-5-3-10(14)4-6-11/h2-8,17H,1H3. The van der Waals surface area contributed by atoms with E-state index < -0.39 is 0 Å². The molecule has 0 unspecified atom stereocenters. The van der Waals surface area contributed by atoms with E-state index in [-0.39, 0.29) is 5.75 Å². The minimum atomic E-state index is 0.143. The van der Waals surface area contributed by atoms with Gasteiger partial charge in [-0.25, -0.2) is 0 Å². The van der Waals surface area contributed by atoms with Crippen LogP contribution in [0.2, 0.25) is 0 Å². The maximum atomic E-state index is 9.60. The van der Waals surface area contributed by atoms with Crippen LogP contribution in [0.5, 0.6) is 5.75 Å². The average molecular weight is 338 g/mol. The van der Waals surface area contributed by atoms with Gasteiger partial charge in [0, 0.05) is 3.57 Å². The average Bonchev–Trinajstić information content (AvgIpc) is 2.32. The van der Waals surface area contributed by atoms with E-state index in [9.17, 15) is 5.11 Å². The van der Waals surface area contributed by atoms with E-state index in [4.69, 9.17) is 0 Å². The molecule has 0 heterocycles. The van der Waals surface area contributed by atoms with Crippen molar-refractivity contribution in [2.24, 2.45) is 10.2 Å². The van der Waals surface area contributed by atoms with E-state index >= 15 is 0 Å². The van der Waals surface area contributed by atoms with Gasteiger partial charge in [-0.15, -0.1) is 5.11 Å². The van der Waals surface area contributed by atoms with Crippen LogP contribution in [0.3, 0.4) is 0 Å². The summed E-state index contributed by atoms with van der Waals surface area (Å²) in [5.41, 5.74) is 2.30. The minimum Gasteiger partial charge on any atom is -0.506 e. The molecule has 86 valence electrons. The van der Waals surface area contributed by atoms with Crippen LogP contribution in [0.25, 0.3) is 0 Å². The molecule has 0 saturated carbocycles. The molecule has 17 heavy (non-hydrogen) atoms. The topological polar surface area (TPSA) is 45.0 Å². The Morgan fingerprint density at radius 1 is 1.00 bits per heavy atom. The monoisotopic (exact) mass is 338 g/mol. The number of hydrogen-bond acceptors (Lipinski definition) is 3. The number of hydrogen-bond donors (Lipinski definition) is 1. The van der Waals surface area contributed by atoms with Crippen molar-refractivity contribution in [3.05, 3.63) is 51.6 Å². The number of rotatable bonds is 2. The second kappa shape index (κ2) is 5.27. The Morgan fingerprint density at radius 2 is 1.71 bits per heavy atom. The molecule has 0 atom stereocenters.